The lowest BCUT2D eigenvalue weighted by molar-refractivity contribution is -0.126. The van der Waals surface area contributed by atoms with Gasteiger partial charge in [0.25, 0.3) is 0 Å². The maximum atomic E-state index is 12.1. The van der Waals surface area contributed by atoms with Crippen molar-refractivity contribution >= 4 is 5.78 Å². The maximum Gasteiger partial charge on any atom is 0.135 e. The highest BCUT2D eigenvalue weighted by Crippen LogP contribution is 2.31. The summed E-state index contributed by atoms with van der Waals surface area (Å²) in [5, 5.41) is 0. The molecule has 0 N–H and O–H groups in total. The maximum absolute atomic E-state index is 12.1. The van der Waals surface area contributed by atoms with Gasteiger partial charge in [0.2, 0.25) is 0 Å². The molecule has 1 aliphatic carbocycles. The zero-order valence-corrected chi connectivity index (χ0v) is 5.56. The van der Waals surface area contributed by atoms with E-state index >= 15 is 0 Å². The van der Waals surface area contributed by atoms with E-state index < -0.39 is 6.17 Å². The van der Waals surface area contributed by atoms with Crippen molar-refractivity contribution < 1.29 is 9.18 Å². The van der Waals surface area contributed by atoms with Gasteiger partial charge in [0.15, 0.2) is 0 Å². The Hall–Kier alpha value is -0.400. The molecule has 9 heavy (non-hydrogen) atoms. The molecule has 0 aromatic heterocycles. The van der Waals surface area contributed by atoms with Crippen LogP contribution in [0.25, 0.3) is 0 Å². The number of alkyl halides is 1. The fraction of sp³-hybridized carbons (Fsp3) is 0.857. The normalized spacial score (nSPS) is 33.6. The fourth-order valence-corrected chi connectivity index (χ4v) is 1.10. The Bertz CT molecular complexity index is 116. The van der Waals surface area contributed by atoms with Crippen LogP contribution in [0.2, 0.25) is 0 Å². The highest BCUT2D eigenvalue weighted by atomic mass is 19.1. The van der Waals surface area contributed by atoms with Crippen molar-refractivity contribution in [2.24, 2.45) is 5.92 Å². The first-order valence-electron chi connectivity index (χ1n) is 3.40. The van der Waals surface area contributed by atoms with Gasteiger partial charge in [-0.1, -0.05) is 6.92 Å². The summed E-state index contributed by atoms with van der Waals surface area (Å²) in [6.07, 6.45) is 0.835. The third-order valence-corrected chi connectivity index (χ3v) is 1.88. The lowest BCUT2D eigenvalue weighted by atomic mass is 9.80. The van der Waals surface area contributed by atoms with E-state index in [1.807, 2.05) is 6.92 Å². The van der Waals surface area contributed by atoms with E-state index in [-0.39, 0.29) is 11.7 Å². The van der Waals surface area contributed by atoms with Crippen molar-refractivity contribution in [1.29, 1.82) is 0 Å². The fourth-order valence-electron chi connectivity index (χ4n) is 1.10. The van der Waals surface area contributed by atoms with E-state index in [2.05, 4.69) is 0 Å². The van der Waals surface area contributed by atoms with E-state index in [1.54, 1.807) is 0 Å². The van der Waals surface area contributed by atoms with Crippen molar-refractivity contribution in [1.82, 2.24) is 0 Å². The zero-order valence-electron chi connectivity index (χ0n) is 5.56. The van der Waals surface area contributed by atoms with Gasteiger partial charge in [-0.05, 0) is 12.8 Å². The largest absolute Gasteiger partial charge is 0.299 e. The van der Waals surface area contributed by atoms with Gasteiger partial charge in [0.1, 0.15) is 12.0 Å². The van der Waals surface area contributed by atoms with Gasteiger partial charge in [0.05, 0.1) is 0 Å². The predicted molar refractivity (Wildman–Crippen MR) is 32.9 cm³/mol. The molecule has 0 unspecified atom stereocenters. The van der Waals surface area contributed by atoms with Crippen molar-refractivity contribution in [3.63, 3.8) is 0 Å². The molecule has 0 bridgehead atoms. The minimum Gasteiger partial charge on any atom is -0.299 e. The van der Waals surface area contributed by atoms with Crippen LogP contribution in [0.5, 0.6) is 0 Å². The molecule has 0 atom stereocenters. The first-order chi connectivity index (χ1) is 4.24. The van der Waals surface area contributed by atoms with Crippen LogP contribution in [0.1, 0.15) is 26.2 Å². The summed E-state index contributed by atoms with van der Waals surface area (Å²) in [6.45, 7) is 1.83. The van der Waals surface area contributed by atoms with Crippen LogP contribution < -0.4 is 0 Å². The summed E-state index contributed by atoms with van der Waals surface area (Å²) in [5.41, 5.74) is 0. The lowest BCUT2D eigenvalue weighted by Crippen LogP contribution is -2.31. The molecule has 0 radical (unpaired) electrons. The van der Waals surface area contributed by atoms with Gasteiger partial charge in [-0.25, -0.2) is 4.39 Å². The second-order valence-corrected chi connectivity index (χ2v) is 2.59. The molecule has 0 aromatic rings. The summed E-state index contributed by atoms with van der Waals surface area (Å²) >= 11 is 0. The minimum absolute atomic E-state index is 0.0602. The number of ketones is 1. The molecule has 0 spiro atoms. The number of Topliss-reactive ketones (excluding diaryl/α,β-unsaturated/α-hetero) is 1. The van der Waals surface area contributed by atoms with E-state index in [0.717, 1.165) is 0 Å². The van der Waals surface area contributed by atoms with Crippen LogP contribution >= 0.6 is 0 Å². The highest BCUT2D eigenvalue weighted by Gasteiger charge is 2.32. The summed E-state index contributed by atoms with van der Waals surface area (Å²) < 4.78 is 12.1. The molecular formula is C7H11FO. The molecule has 0 heterocycles. The van der Waals surface area contributed by atoms with Gasteiger partial charge in [-0.2, -0.15) is 0 Å². The Labute approximate surface area is 54.3 Å². The Morgan fingerprint density at radius 2 is 2.22 bits per heavy atom. The number of carbonyl (C=O) groups excluding carboxylic acids is 1. The third-order valence-electron chi connectivity index (χ3n) is 1.88. The van der Waals surface area contributed by atoms with Gasteiger partial charge < -0.3 is 0 Å². The number of hydrogen-bond acceptors (Lipinski definition) is 1. The molecule has 0 amide bonds. The topological polar surface area (TPSA) is 17.1 Å². The minimum atomic E-state index is -0.689. The summed E-state index contributed by atoms with van der Waals surface area (Å²) in [6, 6.07) is 0. The number of hydrogen-bond donors (Lipinski definition) is 0. The number of carbonyl (C=O) groups is 1. The molecule has 1 nitrogen and oxygen atoms in total. The van der Waals surface area contributed by atoms with Crippen LogP contribution in [-0.2, 0) is 4.79 Å². The van der Waals surface area contributed by atoms with Gasteiger partial charge >= 0.3 is 0 Å². The molecule has 0 aromatic carbocycles. The number of rotatable bonds is 2. The molecule has 0 saturated heterocycles. The van der Waals surface area contributed by atoms with Crippen molar-refractivity contribution in [2.75, 3.05) is 0 Å². The SMILES string of the molecule is CCC(=O)C1CC(F)C1. The standard InChI is InChI=1S/C7H11FO/c1-2-7(9)5-3-6(8)4-5/h5-6H,2-4H2,1H3. The van der Waals surface area contributed by atoms with Crippen LogP contribution in [0.4, 0.5) is 4.39 Å². The Morgan fingerprint density at radius 1 is 1.67 bits per heavy atom. The second kappa shape index (κ2) is 2.46. The van der Waals surface area contributed by atoms with Gasteiger partial charge in [0, 0.05) is 12.3 Å². The zero-order chi connectivity index (χ0) is 6.85. The highest BCUT2D eigenvalue weighted by molar-refractivity contribution is 5.81. The van der Waals surface area contributed by atoms with Crippen molar-refractivity contribution in [2.45, 2.75) is 32.4 Å². The van der Waals surface area contributed by atoms with E-state index in [1.165, 1.54) is 0 Å². The first-order valence-corrected chi connectivity index (χ1v) is 3.40. The monoisotopic (exact) mass is 130 g/mol. The Kier molecular flexibility index (Phi) is 1.84. The van der Waals surface area contributed by atoms with Crippen LogP contribution in [0.15, 0.2) is 0 Å². The predicted octanol–water partition coefficient (Wildman–Crippen LogP) is 1.71. The molecule has 1 saturated carbocycles. The summed E-state index contributed by atoms with van der Waals surface area (Å²) in [4.78, 5) is 10.8. The molecule has 1 rings (SSSR count). The molecule has 1 fully saturated rings. The van der Waals surface area contributed by atoms with Crippen LogP contribution in [0.3, 0.4) is 0 Å². The van der Waals surface area contributed by atoms with Crippen molar-refractivity contribution in [3.05, 3.63) is 0 Å². The van der Waals surface area contributed by atoms with E-state index in [9.17, 15) is 9.18 Å². The molecule has 2 heteroatoms. The third kappa shape index (κ3) is 1.29. The van der Waals surface area contributed by atoms with E-state index in [0.29, 0.717) is 19.3 Å². The molecular weight excluding hydrogens is 119 g/mol. The lowest BCUT2D eigenvalue weighted by Gasteiger charge is -2.27. The molecule has 0 aliphatic heterocycles. The summed E-state index contributed by atoms with van der Waals surface area (Å²) in [5.74, 6) is 0.286. The molecule has 1 aliphatic rings. The van der Waals surface area contributed by atoms with Crippen LogP contribution in [-0.4, -0.2) is 12.0 Å². The van der Waals surface area contributed by atoms with Gasteiger partial charge in [-0.15, -0.1) is 0 Å². The summed E-state index contributed by atoms with van der Waals surface area (Å²) in [7, 11) is 0. The van der Waals surface area contributed by atoms with Crippen LogP contribution in [0, 0.1) is 5.92 Å². The van der Waals surface area contributed by atoms with E-state index in [4.69, 9.17) is 0 Å². The van der Waals surface area contributed by atoms with Gasteiger partial charge in [-0.3, -0.25) is 4.79 Å². The number of halogens is 1. The average Bonchev–Trinajstić information content (AvgIpc) is 1.79. The Balaban J connectivity index is 2.23. The first kappa shape index (κ1) is 6.72. The van der Waals surface area contributed by atoms with Crippen molar-refractivity contribution in [3.8, 4) is 0 Å². The second-order valence-electron chi connectivity index (χ2n) is 2.59. The molecule has 52 valence electrons. The quantitative estimate of drug-likeness (QED) is 0.556. The Morgan fingerprint density at radius 3 is 2.56 bits per heavy atom. The smallest absolute Gasteiger partial charge is 0.135 e. The average molecular weight is 130 g/mol.